The normalized spacial score (nSPS) is 14.2. The van der Waals surface area contributed by atoms with E-state index >= 15 is 0 Å². The lowest BCUT2D eigenvalue weighted by molar-refractivity contribution is -0.141. The molecule has 0 spiro atoms. The highest BCUT2D eigenvalue weighted by molar-refractivity contribution is 7.98. The maximum atomic E-state index is 12.0. The van der Waals surface area contributed by atoms with Crippen molar-refractivity contribution in [2.24, 2.45) is 5.73 Å². The van der Waals surface area contributed by atoms with E-state index < -0.39 is 72.8 Å². The largest absolute Gasteiger partial charge is 0.480 e. The zero-order valence-electron chi connectivity index (χ0n) is 18.5. The van der Waals surface area contributed by atoms with Crippen LogP contribution < -0.4 is 32.3 Å². The summed E-state index contributed by atoms with van der Waals surface area (Å²) in [6.45, 7) is 3.35. The number of amides is 5. The first-order valence-corrected chi connectivity index (χ1v) is 11.2. The van der Waals surface area contributed by atoms with E-state index in [0.29, 0.717) is 5.75 Å². The summed E-state index contributed by atoms with van der Waals surface area (Å²) in [5.74, 6) is -3.79. The van der Waals surface area contributed by atoms with Gasteiger partial charge in [0.25, 0.3) is 0 Å². The van der Waals surface area contributed by atoms with Gasteiger partial charge in [0.05, 0.1) is 19.1 Å². The summed E-state index contributed by atoms with van der Waals surface area (Å²) in [7, 11) is 0. The number of nitrogens with one attached hydrogen (secondary N) is 5. The molecule has 0 fully saturated rings. The lowest BCUT2D eigenvalue weighted by atomic mass is 10.2. The molecule has 0 saturated carbocycles. The molecule has 0 aliphatic heterocycles. The fourth-order valence-electron chi connectivity index (χ4n) is 2.11. The molecule has 5 amide bonds. The van der Waals surface area contributed by atoms with Crippen molar-refractivity contribution in [1.82, 2.24) is 26.6 Å². The van der Waals surface area contributed by atoms with E-state index in [1.54, 1.807) is 0 Å². The molecule has 14 heteroatoms. The quantitative estimate of drug-likeness (QED) is 0.135. The van der Waals surface area contributed by atoms with Gasteiger partial charge in [-0.2, -0.15) is 11.8 Å². The fraction of sp³-hybridized carbons (Fsp3) is 0.667. The van der Waals surface area contributed by atoms with E-state index in [1.165, 1.54) is 32.5 Å². The Balaban J connectivity index is 4.34. The SMILES string of the molecule is CSCC[C@H](NC(=O)CNC(=O)CNC(=O)[C@H](C)NC(=O)[C@H](C)NC(=O)[C@H](C)N)C(=O)O. The van der Waals surface area contributed by atoms with Crippen molar-refractivity contribution in [2.45, 2.75) is 51.4 Å². The fourth-order valence-corrected chi connectivity index (χ4v) is 2.59. The van der Waals surface area contributed by atoms with Crippen molar-refractivity contribution in [1.29, 1.82) is 0 Å². The second-order valence-corrected chi connectivity index (χ2v) is 7.97. The average molecular weight is 477 g/mol. The first-order valence-electron chi connectivity index (χ1n) is 9.80. The third-order valence-electron chi connectivity index (χ3n) is 4.03. The number of carbonyl (C=O) groups is 6. The van der Waals surface area contributed by atoms with Gasteiger partial charge in [0.2, 0.25) is 29.5 Å². The van der Waals surface area contributed by atoms with Crippen LogP contribution in [0.2, 0.25) is 0 Å². The van der Waals surface area contributed by atoms with E-state index in [4.69, 9.17) is 10.8 Å². The molecular weight excluding hydrogens is 444 g/mol. The highest BCUT2D eigenvalue weighted by Gasteiger charge is 2.23. The number of carboxylic acids is 1. The second-order valence-electron chi connectivity index (χ2n) is 6.98. The number of hydrogen-bond donors (Lipinski definition) is 7. The van der Waals surface area contributed by atoms with Crippen molar-refractivity contribution >= 4 is 47.3 Å². The second kappa shape index (κ2) is 15.0. The molecule has 0 heterocycles. The van der Waals surface area contributed by atoms with E-state index in [-0.39, 0.29) is 6.42 Å². The van der Waals surface area contributed by atoms with Gasteiger partial charge in [0, 0.05) is 0 Å². The molecule has 0 unspecified atom stereocenters. The van der Waals surface area contributed by atoms with Crippen LogP contribution in [0, 0.1) is 0 Å². The highest BCUT2D eigenvalue weighted by Crippen LogP contribution is 2.00. The highest BCUT2D eigenvalue weighted by atomic mass is 32.2. The molecule has 0 aromatic carbocycles. The monoisotopic (exact) mass is 476 g/mol. The maximum Gasteiger partial charge on any atom is 0.326 e. The molecule has 0 radical (unpaired) electrons. The molecule has 0 aromatic rings. The summed E-state index contributed by atoms with van der Waals surface area (Å²) in [6, 6.07) is -3.77. The number of carboxylic acid groups (broad SMARTS) is 1. The minimum absolute atomic E-state index is 0.239. The number of aliphatic carboxylic acids is 1. The lowest BCUT2D eigenvalue weighted by Gasteiger charge is -2.19. The number of thioether (sulfide) groups is 1. The van der Waals surface area contributed by atoms with Crippen molar-refractivity contribution in [2.75, 3.05) is 25.1 Å². The van der Waals surface area contributed by atoms with Crippen molar-refractivity contribution in [3.8, 4) is 0 Å². The van der Waals surface area contributed by atoms with Gasteiger partial charge in [-0.15, -0.1) is 0 Å². The van der Waals surface area contributed by atoms with E-state index in [0.717, 1.165) is 0 Å². The van der Waals surface area contributed by atoms with E-state index in [2.05, 4.69) is 26.6 Å². The molecule has 182 valence electrons. The van der Waals surface area contributed by atoms with Crippen LogP contribution in [-0.4, -0.2) is 89.9 Å². The number of nitrogens with two attached hydrogens (primary N) is 1. The Morgan fingerprint density at radius 1 is 0.812 bits per heavy atom. The van der Waals surface area contributed by atoms with Gasteiger partial charge in [-0.3, -0.25) is 24.0 Å². The molecule has 0 bridgehead atoms. The first-order chi connectivity index (χ1) is 14.9. The summed E-state index contributed by atoms with van der Waals surface area (Å²) >= 11 is 1.44. The van der Waals surface area contributed by atoms with Crippen molar-refractivity contribution in [3.05, 3.63) is 0 Å². The number of hydrogen-bond acceptors (Lipinski definition) is 8. The smallest absolute Gasteiger partial charge is 0.326 e. The molecule has 13 nitrogen and oxygen atoms in total. The first kappa shape index (κ1) is 29.1. The molecular formula is C18H32N6O7S. The Bertz CT molecular complexity index is 703. The Hall–Kier alpha value is -2.87. The third kappa shape index (κ3) is 12.1. The van der Waals surface area contributed by atoms with Gasteiger partial charge in [0.15, 0.2) is 0 Å². The average Bonchev–Trinajstić information content (AvgIpc) is 2.72. The zero-order chi connectivity index (χ0) is 24.8. The molecule has 0 rings (SSSR count). The van der Waals surface area contributed by atoms with Gasteiger partial charge < -0.3 is 37.4 Å². The standard InChI is InChI=1S/C18H32N6O7S/c1-9(19)15(27)22-11(3)17(29)23-10(2)16(28)21-7-13(25)20-8-14(26)24-12(18(30)31)5-6-32-4/h9-12H,5-8,19H2,1-4H3,(H,20,25)(H,21,28)(H,22,27)(H,23,29)(H,24,26)(H,30,31)/t9-,10-,11-,12-/m0/s1. The summed E-state index contributed by atoms with van der Waals surface area (Å²) < 4.78 is 0. The topological polar surface area (TPSA) is 209 Å². The summed E-state index contributed by atoms with van der Waals surface area (Å²) in [5, 5.41) is 20.7. The van der Waals surface area contributed by atoms with Gasteiger partial charge in [-0.1, -0.05) is 0 Å². The Morgan fingerprint density at radius 3 is 1.88 bits per heavy atom. The summed E-state index contributed by atoms with van der Waals surface area (Å²) in [4.78, 5) is 70.3. The molecule has 4 atom stereocenters. The molecule has 0 aromatic heterocycles. The summed E-state index contributed by atoms with van der Waals surface area (Å²) in [5.41, 5.74) is 5.40. The van der Waals surface area contributed by atoms with Crippen LogP contribution >= 0.6 is 11.8 Å². The predicted molar refractivity (Wildman–Crippen MR) is 117 cm³/mol. The van der Waals surface area contributed by atoms with Crippen LogP contribution in [-0.2, 0) is 28.8 Å². The van der Waals surface area contributed by atoms with Crippen LogP contribution in [0.3, 0.4) is 0 Å². The molecule has 8 N–H and O–H groups in total. The molecule has 0 aliphatic carbocycles. The molecule has 0 aliphatic rings. The van der Waals surface area contributed by atoms with Gasteiger partial charge in [0.1, 0.15) is 18.1 Å². The molecule has 32 heavy (non-hydrogen) atoms. The lowest BCUT2D eigenvalue weighted by Crippen LogP contribution is -2.54. The van der Waals surface area contributed by atoms with E-state index in [1.807, 2.05) is 6.26 Å². The minimum Gasteiger partial charge on any atom is -0.480 e. The van der Waals surface area contributed by atoms with Crippen molar-refractivity contribution < 1.29 is 33.9 Å². The van der Waals surface area contributed by atoms with Crippen molar-refractivity contribution in [3.63, 3.8) is 0 Å². The van der Waals surface area contributed by atoms with Crippen LogP contribution in [0.1, 0.15) is 27.2 Å². The Morgan fingerprint density at radius 2 is 1.34 bits per heavy atom. The zero-order valence-corrected chi connectivity index (χ0v) is 19.3. The van der Waals surface area contributed by atoms with Crippen LogP contribution in [0.25, 0.3) is 0 Å². The Labute approximate surface area is 190 Å². The van der Waals surface area contributed by atoms with Gasteiger partial charge in [-0.05, 0) is 39.2 Å². The van der Waals surface area contributed by atoms with Gasteiger partial charge >= 0.3 is 5.97 Å². The van der Waals surface area contributed by atoms with Crippen LogP contribution in [0.5, 0.6) is 0 Å². The molecule has 0 saturated heterocycles. The van der Waals surface area contributed by atoms with Gasteiger partial charge in [-0.25, -0.2) is 4.79 Å². The number of rotatable bonds is 14. The predicted octanol–water partition coefficient (Wildman–Crippen LogP) is -3.10. The third-order valence-corrected chi connectivity index (χ3v) is 4.67. The Kier molecular flexibility index (Phi) is 13.7. The van der Waals surface area contributed by atoms with Crippen LogP contribution in [0.4, 0.5) is 0 Å². The minimum atomic E-state index is -1.17. The van der Waals surface area contributed by atoms with E-state index in [9.17, 15) is 28.8 Å². The van der Waals surface area contributed by atoms with Crippen LogP contribution in [0.15, 0.2) is 0 Å². The summed E-state index contributed by atoms with van der Waals surface area (Å²) in [6.07, 6.45) is 2.05. The number of carbonyl (C=O) groups excluding carboxylic acids is 5. The maximum absolute atomic E-state index is 12.0.